The molecule has 0 fully saturated rings. The van der Waals surface area contributed by atoms with E-state index in [0.717, 1.165) is 35.5 Å². The summed E-state index contributed by atoms with van der Waals surface area (Å²) in [6, 6.07) is 14.8. The lowest BCUT2D eigenvalue weighted by atomic mass is 9.93. The molecule has 0 aromatic heterocycles. The molecule has 2 aromatic carbocycles. The third-order valence-corrected chi connectivity index (χ3v) is 6.11. The van der Waals surface area contributed by atoms with E-state index >= 15 is 0 Å². The highest BCUT2D eigenvalue weighted by Gasteiger charge is 2.35. The van der Waals surface area contributed by atoms with Crippen LogP contribution in [0.1, 0.15) is 44.2 Å². The Bertz CT molecular complexity index is 1210. The molecule has 0 N–H and O–H groups in total. The number of nitriles is 1. The number of hydrogen-bond acceptors (Lipinski definition) is 6. The fourth-order valence-electron chi connectivity index (χ4n) is 3.96. The zero-order chi connectivity index (χ0) is 26.1. The van der Waals surface area contributed by atoms with E-state index in [9.17, 15) is 14.9 Å². The van der Waals surface area contributed by atoms with Gasteiger partial charge in [-0.05, 0) is 66.8 Å². The quantitative estimate of drug-likeness (QED) is 0.248. The van der Waals surface area contributed by atoms with Gasteiger partial charge in [0, 0.05) is 12.1 Å². The number of imide groups is 1. The Kier molecular flexibility index (Phi) is 9.29. The van der Waals surface area contributed by atoms with Gasteiger partial charge in [0.25, 0.3) is 11.8 Å². The van der Waals surface area contributed by atoms with Gasteiger partial charge in [0.15, 0.2) is 11.5 Å². The summed E-state index contributed by atoms with van der Waals surface area (Å²) >= 11 is 0. The summed E-state index contributed by atoms with van der Waals surface area (Å²) < 4.78 is 16.5. The average Bonchev–Trinajstić information content (AvgIpc) is 2.90. The molecule has 1 heterocycles. The van der Waals surface area contributed by atoms with Crippen LogP contribution < -0.4 is 14.2 Å². The third-order valence-electron chi connectivity index (χ3n) is 6.11. The van der Waals surface area contributed by atoms with Gasteiger partial charge in [-0.25, -0.2) is 0 Å². The molecule has 1 aliphatic heterocycles. The fraction of sp³-hybridized carbons (Fsp3) is 0.345. The first-order valence-electron chi connectivity index (χ1n) is 12.1. The van der Waals surface area contributed by atoms with Gasteiger partial charge >= 0.3 is 0 Å². The summed E-state index contributed by atoms with van der Waals surface area (Å²) in [5.74, 6) is 0.917. The monoisotopic (exact) mass is 488 g/mol. The maximum absolute atomic E-state index is 13.4. The minimum atomic E-state index is -0.570. The van der Waals surface area contributed by atoms with E-state index in [1.165, 1.54) is 0 Å². The van der Waals surface area contributed by atoms with Crippen molar-refractivity contribution in [3.05, 3.63) is 70.3 Å². The van der Waals surface area contributed by atoms with Crippen LogP contribution >= 0.6 is 0 Å². The summed E-state index contributed by atoms with van der Waals surface area (Å²) in [7, 11) is 3.16. The molecule has 0 saturated heterocycles. The molecule has 3 rings (SSSR count). The number of hydrogen-bond donors (Lipinski definition) is 0. The van der Waals surface area contributed by atoms with Gasteiger partial charge in [0.2, 0.25) is 0 Å². The maximum Gasteiger partial charge on any atom is 0.271 e. The Morgan fingerprint density at radius 3 is 2.36 bits per heavy atom. The summed E-state index contributed by atoms with van der Waals surface area (Å²) in [4.78, 5) is 27.4. The van der Waals surface area contributed by atoms with Gasteiger partial charge in [0.1, 0.15) is 17.4 Å². The molecule has 2 aromatic rings. The van der Waals surface area contributed by atoms with E-state index in [1.54, 1.807) is 39.4 Å². The fourth-order valence-corrected chi connectivity index (χ4v) is 3.96. The van der Waals surface area contributed by atoms with Crippen LogP contribution in [-0.2, 0) is 16.0 Å². The summed E-state index contributed by atoms with van der Waals surface area (Å²) in [6.07, 6.45) is 5.31. The highest BCUT2D eigenvalue weighted by atomic mass is 16.5. The number of benzene rings is 2. The molecule has 188 valence electrons. The normalized spacial score (nSPS) is 14.8. The lowest BCUT2D eigenvalue weighted by molar-refractivity contribution is -0.140. The Balaban J connectivity index is 1.86. The van der Waals surface area contributed by atoms with E-state index in [2.05, 4.69) is 6.92 Å². The molecule has 0 atom stereocenters. The van der Waals surface area contributed by atoms with Gasteiger partial charge in [0.05, 0.1) is 20.8 Å². The zero-order valence-corrected chi connectivity index (χ0v) is 21.3. The van der Waals surface area contributed by atoms with Crippen molar-refractivity contribution in [2.75, 3.05) is 27.4 Å². The van der Waals surface area contributed by atoms with Gasteiger partial charge < -0.3 is 14.2 Å². The lowest BCUT2D eigenvalue weighted by Crippen LogP contribution is -2.43. The largest absolute Gasteiger partial charge is 0.497 e. The minimum absolute atomic E-state index is 0.0292. The van der Waals surface area contributed by atoms with Crippen LogP contribution in [0.2, 0.25) is 0 Å². The van der Waals surface area contributed by atoms with E-state index in [0.29, 0.717) is 41.2 Å². The van der Waals surface area contributed by atoms with Crippen LogP contribution in [0.3, 0.4) is 0 Å². The SMILES string of the molecule is CCCCCOc1ccc(/C=C2/C(=O)N(CCc3ccc(OC)cc3)C(=O)C(C#N)=C2C)cc1OC. The van der Waals surface area contributed by atoms with Crippen molar-refractivity contribution in [1.29, 1.82) is 5.26 Å². The standard InChI is InChI=1S/C29H32N2O5/c1-5-6-7-16-36-26-13-10-22(18-27(26)35-4)17-24-20(2)25(19-30)29(33)31(28(24)32)15-14-21-8-11-23(34-3)12-9-21/h8-13,17-18H,5-7,14-16H2,1-4H3/b24-17+. The molecule has 0 unspecified atom stereocenters. The summed E-state index contributed by atoms with van der Waals surface area (Å²) in [5, 5.41) is 9.66. The zero-order valence-electron chi connectivity index (χ0n) is 21.3. The first-order chi connectivity index (χ1) is 17.4. The van der Waals surface area contributed by atoms with E-state index in [4.69, 9.17) is 14.2 Å². The molecule has 0 radical (unpaired) electrons. The van der Waals surface area contributed by atoms with Crippen LogP contribution in [0.25, 0.3) is 6.08 Å². The number of nitrogens with zero attached hydrogens (tertiary/aromatic N) is 2. The second kappa shape index (κ2) is 12.6. The number of rotatable bonds is 11. The molecule has 2 amide bonds. The molecular weight excluding hydrogens is 456 g/mol. The predicted octanol–water partition coefficient (Wildman–Crippen LogP) is 5.11. The van der Waals surface area contributed by atoms with Crippen molar-refractivity contribution >= 4 is 17.9 Å². The second-order valence-corrected chi connectivity index (χ2v) is 8.50. The Morgan fingerprint density at radius 1 is 0.972 bits per heavy atom. The van der Waals surface area contributed by atoms with Crippen LogP contribution in [0.15, 0.2) is 59.2 Å². The lowest BCUT2D eigenvalue weighted by Gasteiger charge is -2.27. The molecule has 0 bridgehead atoms. The topological polar surface area (TPSA) is 88.9 Å². The number of carbonyl (C=O) groups excluding carboxylic acids is 2. The Morgan fingerprint density at radius 2 is 1.72 bits per heavy atom. The van der Waals surface area contributed by atoms with E-state index < -0.39 is 11.8 Å². The summed E-state index contributed by atoms with van der Waals surface area (Å²) in [5.41, 5.74) is 2.30. The summed E-state index contributed by atoms with van der Waals surface area (Å²) in [6.45, 7) is 4.52. The van der Waals surface area contributed by atoms with Gasteiger partial charge in [-0.3, -0.25) is 14.5 Å². The number of methoxy groups -OCH3 is 2. The van der Waals surface area contributed by atoms with Crippen molar-refractivity contribution in [1.82, 2.24) is 4.90 Å². The minimum Gasteiger partial charge on any atom is -0.497 e. The van der Waals surface area contributed by atoms with Crippen molar-refractivity contribution in [2.24, 2.45) is 0 Å². The molecule has 0 aliphatic carbocycles. The highest BCUT2D eigenvalue weighted by molar-refractivity contribution is 6.19. The molecule has 7 heteroatoms. The van der Waals surface area contributed by atoms with Crippen LogP contribution in [-0.4, -0.2) is 44.1 Å². The first-order valence-corrected chi connectivity index (χ1v) is 12.1. The molecule has 0 saturated carbocycles. The number of carbonyl (C=O) groups is 2. The predicted molar refractivity (Wildman–Crippen MR) is 138 cm³/mol. The number of ether oxygens (including phenoxy) is 3. The smallest absolute Gasteiger partial charge is 0.271 e. The van der Waals surface area contributed by atoms with E-state index in [1.807, 2.05) is 36.4 Å². The van der Waals surface area contributed by atoms with Crippen LogP contribution in [0.4, 0.5) is 0 Å². The molecule has 0 spiro atoms. The second-order valence-electron chi connectivity index (χ2n) is 8.50. The Hall–Kier alpha value is -4.05. The molecule has 1 aliphatic rings. The van der Waals surface area contributed by atoms with Gasteiger partial charge in [-0.15, -0.1) is 0 Å². The van der Waals surface area contributed by atoms with Crippen LogP contribution in [0, 0.1) is 11.3 Å². The first kappa shape index (κ1) is 26.6. The van der Waals surface area contributed by atoms with Gasteiger partial charge in [-0.2, -0.15) is 5.26 Å². The maximum atomic E-state index is 13.4. The Labute approximate surface area is 212 Å². The van der Waals surface area contributed by atoms with Crippen molar-refractivity contribution in [3.8, 4) is 23.3 Å². The highest BCUT2D eigenvalue weighted by Crippen LogP contribution is 2.32. The van der Waals surface area contributed by atoms with Gasteiger partial charge in [-0.1, -0.05) is 38.0 Å². The number of unbranched alkanes of at least 4 members (excludes halogenated alkanes) is 2. The molecular formula is C29H32N2O5. The number of amides is 2. The van der Waals surface area contributed by atoms with Crippen molar-refractivity contribution < 1.29 is 23.8 Å². The van der Waals surface area contributed by atoms with Crippen LogP contribution in [0.5, 0.6) is 17.2 Å². The average molecular weight is 489 g/mol. The van der Waals surface area contributed by atoms with E-state index in [-0.39, 0.29) is 12.1 Å². The van der Waals surface area contributed by atoms with Crippen molar-refractivity contribution in [3.63, 3.8) is 0 Å². The molecule has 7 nitrogen and oxygen atoms in total. The third kappa shape index (κ3) is 6.14. The van der Waals surface area contributed by atoms with Crippen molar-refractivity contribution in [2.45, 2.75) is 39.5 Å². The molecule has 36 heavy (non-hydrogen) atoms.